The normalized spacial score (nSPS) is 21.1. The van der Waals surface area contributed by atoms with Crippen molar-refractivity contribution in [2.45, 2.75) is 75.3 Å². The van der Waals surface area contributed by atoms with Crippen molar-refractivity contribution in [2.24, 2.45) is 11.3 Å². The van der Waals surface area contributed by atoms with Crippen molar-refractivity contribution in [1.29, 1.82) is 0 Å². The van der Waals surface area contributed by atoms with Gasteiger partial charge in [0.2, 0.25) is 16.8 Å². The SMILES string of the molecule is CN(C)C(=O)OCCCCC(C)(C)CN(C[C@@H](O)[C@H](Cc1ccccc1)N(C(=O)[O-])[C@H]1CO[C@H]2OCC[C@H]21)S(=O)(=O)c1ccc2c(c1)OCO2. The van der Waals surface area contributed by atoms with Crippen molar-refractivity contribution in [1.82, 2.24) is 14.1 Å². The molecule has 0 aliphatic carbocycles. The fourth-order valence-corrected chi connectivity index (χ4v) is 8.50. The second-order valence-electron chi connectivity index (χ2n) is 14.0. The monoisotopic (exact) mass is 718 g/mol. The Bertz CT molecular complexity index is 1570. The summed E-state index contributed by atoms with van der Waals surface area (Å²) >= 11 is 0. The largest absolute Gasteiger partial charge is 0.530 e. The zero-order chi connectivity index (χ0) is 36.1. The fourth-order valence-electron chi connectivity index (χ4n) is 6.84. The molecule has 2 fully saturated rings. The van der Waals surface area contributed by atoms with Crippen LogP contribution in [0.4, 0.5) is 9.59 Å². The predicted octanol–water partition coefficient (Wildman–Crippen LogP) is 2.68. The van der Waals surface area contributed by atoms with Gasteiger partial charge in [0.25, 0.3) is 0 Å². The summed E-state index contributed by atoms with van der Waals surface area (Å²) in [6, 6.07) is 11.8. The molecule has 0 unspecified atom stereocenters. The molecule has 276 valence electrons. The lowest BCUT2D eigenvalue weighted by molar-refractivity contribution is -0.273. The van der Waals surface area contributed by atoms with Gasteiger partial charge >= 0.3 is 6.09 Å². The first kappa shape index (κ1) is 37.6. The third kappa shape index (κ3) is 8.99. The number of ether oxygens (including phenoxy) is 5. The third-order valence-corrected chi connectivity index (χ3v) is 11.3. The Morgan fingerprint density at radius 1 is 1.06 bits per heavy atom. The van der Waals surface area contributed by atoms with Gasteiger partial charge in [-0.15, -0.1) is 0 Å². The molecule has 15 heteroatoms. The van der Waals surface area contributed by atoms with E-state index in [9.17, 15) is 28.2 Å². The topological polar surface area (TPSA) is 167 Å². The summed E-state index contributed by atoms with van der Waals surface area (Å²) in [7, 11) is -1.05. The Morgan fingerprint density at radius 2 is 1.80 bits per heavy atom. The molecule has 0 saturated carbocycles. The number of unbranched alkanes of at least 4 members (excludes halogenated alkanes) is 1. The van der Waals surface area contributed by atoms with Gasteiger partial charge in [0.15, 0.2) is 17.8 Å². The summed E-state index contributed by atoms with van der Waals surface area (Å²) in [5.41, 5.74) is 0.173. The van der Waals surface area contributed by atoms with E-state index in [0.29, 0.717) is 38.0 Å². The number of hydrogen-bond acceptors (Lipinski definition) is 11. The van der Waals surface area contributed by atoms with Crippen LogP contribution in [0.2, 0.25) is 0 Å². The minimum Gasteiger partial charge on any atom is -0.530 e. The van der Waals surface area contributed by atoms with E-state index in [2.05, 4.69) is 0 Å². The van der Waals surface area contributed by atoms with E-state index in [-0.39, 0.29) is 49.5 Å². The van der Waals surface area contributed by atoms with Crippen molar-refractivity contribution in [3.8, 4) is 11.5 Å². The summed E-state index contributed by atoms with van der Waals surface area (Å²) < 4.78 is 57.6. The van der Waals surface area contributed by atoms with Gasteiger partial charge < -0.3 is 48.5 Å². The third-order valence-electron chi connectivity index (χ3n) is 9.48. The molecule has 0 bridgehead atoms. The zero-order valence-corrected chi connectivity index (χ0v) is 29.9. The van der Waals surface area contributed by atoms with Crippen molar-refractivity contribution in [3.05, 3.63) is 54.1 Å². The van der Waals surface area contributed by atoms with Gasteiger partial charge in [0.05, 0.1) is 42.9 Å². The Hall–Kier alpha value is -3.63. The van der Waals surface area contributed by atoms with Crippen LogP contribution in [-0.2, 0) is 30.7 Å². The lowest BCUT2D eigenvalue weighted by Crippen LogP contribution is -2.61. The molecule has 2 aromatic rings. The van der Waals surface area contributed by atoms with E-state index in [1.165, 1.54) is 27.4 Å². The van der Waals surface area contributed by atoms with Crippen molar-refractivity contribution < 1.29 is 51.9 Å². The van der Waals surface area contributed by atoms with Crippen LogP contribution in [0.5, 0.6) is 11.5 Å². The van der Waals surface area contributed by atoms with Crippen LogP contribution in [0.1, 0.15) is 45.1 Å². The molecule has 3 heterocycles. The Morgan fingerprint density at radius 3 is 2.52 bits per heavy atom. The average Bonchev–Trinajstić information content (AvgIpc) is 3.82. The summed E-state index contributed by atoms with van der Waals surface area (Å²) in [6.45, 7) is 4.15. The van der Waals surface area contributed by atoms with Crippen LogP contribution in [-0.4, -0.2) is 118 Å². The first-order valence-electron chi connectivity index (χ1n) is 17.0. The quantitative estimate of drug-likeness (QED) is 0.254. The number of hydrogen-bond donors (Lipinski definition) is 1. The smallest absolute Gasteiger partial charge is 0.409 e. The number of benzene rings is 2. The number of carbonyl (C=O) groups is 2. The van der Waals surface area contributed by atoms with Crippen molar-refractivity contribution >= 4 is 22.2 Å². The van der Waals surface area contributed by atoms with E-state index >= 15 is 0 Å². The summed E-state index contributed by atoms with van der Waals surface area (Å²) in [5, 5.41) is 25.0. The molecule has 5 rings (SSSR count). The van der Waals surface area contributed by atoms with Crippen LogP contribution in [0.25, 0.3) is 0 Å². The number of amides is 2. The maximum atomic E-state index is 14.4. The molecule has 3 aliphatic rings. The number of rotatable bonds is 16. The van der Waals surface area contributed by atoms with E-state index in [4.69, 9.17) is 23.7 Å². The Kier molecular flexibility index (Phi) is 12.2. The number of sulfonamides is 1. The minimum atomic E-state index is -4.26. The molecular formula is C35H48N3O11S-. The summed E-state index contributed by atoms with van der Waals surface area (Å²) in [6.07, 6.45) is -1.42. The van der Waals surface area contributed by atoms with Gasteiger partial charge in [-0.1, -0.05) is 44.2 Å². The van der Waals surface area contributed by atoms with Crippen LogP contribution < -0.4 is 14.6 Å². The molecule has 0 spiro atoms. The molecule has 0 aromatic heterocycles. The molecular weight excluding hydrogens is 670 g/mol. The molecule has 50 heavy (non-hydrogen) atoms. The maximum Gasteiger partial charge on any atom is 0.409 e. The van der Waals surface area contributed by atoms with E-state index in [1.54, 1.807) is 14.1 Å². The molecule has 0 radical (unpaired) electrons. The first-order valence-corrected chi connectivity index (χ1v) is 18.4. The van der Waals surface area contributed by atoms with Crippen LogP contribution in [0.15, 0.2) is 53.4 Å². The number of nitrogens with zero attached hydrogens (tertiary/aromatic N) is 3. The Labute approximate surface area is 293 Å². The van der Waals surface area contributed by atoms with Crippen LogP contribution in [0.3, 0.4) is 0 Å². The Balaban J connectivity index is 1.42. The molecule has 1 N–H and O–H groups in total. The summed E-state index contributed by atoms with van der Waals surface area (Å²) in [4.78, 5) is 27.2. The number of fused-ring (bicyclic) bond motifs is 2. The van der Waals surface area contributed by atoms with Gasteiger partial charge in [-0.2, -0.15) is 4.31 Å². The highest BCUT2D eigenvalue weighted by atomic mass is 32.2. The van der Waals surface area contributed by atoms with Crippen molar-refractivity contribution in [3.63, 3.8) is 0 Å². The number of aliphatic hydroxyl groups is 1. The molecule has 2 saturated heterocycles. The second-order valence-corrected chi connectivity index (χ2v) is 16.0. The van der Waals surface area contributed by atoms with Gasteiger partial charge in [0, 0.05) is 39.2 Å². The highest BCUT2D eigenvalue weighted by molar-refractivity contribution is 7.89. The molecule has 5 atom stereocenters. The minimum absolute atomic E-state index is 0.00672. The zero-order valence-electron chi connectivity index (χ0n) is 29.1. The maximum absolute atomic E-state index is 14.4. The van der Waals surface area contributed by atoms with Crippen LogP contribution in [0, 0.1) is 11.3 Å². The van der Waals surface area contributed by atoms with Gasteiger partial charge in [-0.25, -0.2) is 13.2 Å². The van der Waals surface area contributed by atoms with E-state index < -0.39 is 58.6 Å². The standard InChI is InChI=1S/C35H49N3O11S/c1-35(2,15-8-9-16-46-34(42)36(3)4)22-37(50(43,44)25-12-13-30-31(19-25)49-23-48-30)20-29(39)27(18-24-10-6-5-7-11-24)38(33(40)41)28-21-47-32-26(28)14-17-45-32/h5-7,10-13,19,26-29,32,39H,8-9,14-18,20-23H2,1-4H3,(H,40,41)/p-1/t26-,27-,28-,29+,32+/m0/s1. The molecule has 14 nitrogen and oxygen atoms in total. The lowest BCUT2D eigenvalue weighted by atomic mass is 9.87. The molecule has 3 aliphatic heterocycles. The fraction of sp³-hybridized carbons (Fsp3) is 0.600. The first-order chi connectivity index (χ1) is 23.8. The molecule has 2 amide bonds. The van der Waals surface area contributed by atoms with Crippen LogP contribution >= 0.6 is 0 Å². The molecule has 2 aromatic carbocycles. The number of aliphatic hydroxyl groups excluding tert-OH is 1. The predicted molar refractivity (Wildman–Crippen MR) is 179 cm³/mol. The average molecular weight is 719 g/mol. The van der Waals surface area contributed by atoms with Gasteiger partial charge in [-0.05, 0) is 55.2 Å². The number of carboxylic acid groups (broad SMARTS) is 1. The van der Waals surface area contributed by atoms with E-state index in [1.807, 2.05) is 44.2 Å². The van der Waals surface area contributed by atoms with Gasteiger partial charge in [-0.3, -0.25) is 0 Å². The number of carbonyl (C=O) groups excluding carboxylic acids is 2. The second kappa shape index (κ2) is 16.1. The van der Waals surface area contributed by atoms with E-state index in [0.717, 1.165) is 10.5 Å². The van der Waals surface area contributed by atoms with Gasteiger partial charge in [0.1, 0.15) is 6.09 Å². The van der Waals surface area contributed by atoms with Crippen molar-refractivity contribution in [2.75, 3.05) is 53.8 Å². The highest BCUT2D eigenvalue weighted by Crippen LogP contribution is 2.38. The lowest BCUT2D eigenvalue weighted by Gasteiger charge is -2.43. The summed E-state index contributed by atoms with van der Waals surface area (Å²) in [5.74, 6) is 0.465. The highest BCUT2D eigenvalue weighted by Gasteiger charge is 2.47.